The number of carboxylic acid groups (broad SMARTS) is 1. The highest BCUT2D eigenvalue weighted by Gasteiger charge is 2.35. The normalized spacial score (nSPS) is 22.8. The summed E-state index contributed by atoms with van der Waals surface area (Å²) in [5.41, 5.74) is 3.65. The van der Waals surface area contributed by atoms with Gasteiger partial charge in [0.1, 0.15) is 0 Å². The number of rotatable bonds is 3. The summed E-state index contributed by atoms with van der Waals surface area (Å²) >= 11 is 0. The van der Waals surface area contributed by atoms with Gasteiger partial charge in [0.15, 0.2) is 0 Å². The molecule has 1 aromatic rings. The monoisotopic (exact) mass is 319 g/mol. The number of aliphatic carboxylic acids is 1. The molecule has 0 spiro atoms. The van der Waals surface area contributed by atoms with Crippen LogP contribution < -0.4 is 5.32 Å². The zero-order chi connectivity index (χ0) is 16.6. The molecule has 23 heavy (non-hydrogen) atoms. The molecule has 128 valence electrons. The van der Waals surface area contributed by atoms with E-state index in [1.54, 1.807) is 0 Å². The largest absolute Gasteiger partial charge is 0.481 e. The molecule has 1 unspecified atom stereocenters. The van der Waals surface area contributed by atoms with Gasteiger partial charge in [0, 0.05) is 16.7 Å². The Balaban J connectivity index is 2.06. The highest BCUT2D eigenvalue weighted by molar-refractivity contribution is 5.68. The summed E-state index contributed by atoms with van der Waals surface area (Å²) in [7, 11) is 0. The number of carboxylic acids is 1. The molecule has 5 nitrogen and oxygen atoms in total. The molecule has 0 bridgehead atoms. The van der Waals surface area contributed by atoms with Crippen molar-refractivity contribution in [2.45, 2.75) is 76.7 Å². The lowest BCUT2D eigenvalue weighted by atomic mass is 9.77. The fraction of sp³-hybridized carbons (Fsp3) is 0.778. The van der Waals surface area contributed by atoms with Crippen LogP contribution in [0.25, 0.3) is 0 Å². The van der Waals surface area contributed by atoms with Gasteiger partial charge in [0.25, 0.3) is 0 Å². The van der Waals surface area contributed by atoms with E-state index in [1.165, 1.54) is 11.3 Å². The zero-order valence-corrected chi connectivity index (χ0v) is 14.6. The first-order valence-corrected chi connectivity index (χ1v) is 8.92. The van der Waals surface area contributed by atoms with Gasteiger partial charge in [-0.15, -0.1) is 0 Å². The topological polar surface area (TPSA) is 67.2 Å². The van der Waals surface area contributed by atoms with Crippen LogP contribution in [0.2, 0.25) is 0 Å². The van der Waals surface area contributed by atoms with E-state index in [4.69, 9.17) is 5.10 Å². The lowest BCUT2D eigenvalue weighted by Gasteiger charge is -2.28. The molecule has 2 aliphatic rings. The molecule has 2 heterocycles. The molecule has 5 heteroatoms. The second-order valence-electron chi connectivity index (χ2n) is 8.07. The Morgan fingerprint density at radius 1 is 1.30 bits per heavy atom. The fourth-order valence-electron chi connectivity index (χ4n) is 4.14. The first-order valence-electron chi connectivity index (χ1n) is 8.92. The molecule has 0 amide bonds. The zero-order valence-electron chi connectivity index (χ0n) is 14.6. The van der Waals surface area contributed by atoms with E-state index < -0.39 is 5.97 Å². The Labute approximate surface area is 138 Å². The van der Waals surface area contributed by atoms with Crippen LogP contribution in [0.4, 0.5) is 0 Å². The quantitative estimate of drug-likeness (QED) is 0.899. The summed E-state index contributed by atoms with van der Waals surface area (Å²) in [6.45, 7) is 8.66. The summed E-state index contributed by atoms with van der Waals surface area (Å²) in [5, 5.41) is 17.8. The molecule has 1 atom stereocenters. The van der Waals surface area contributed by atoms with E-state index in [2.05, 4.69) is 30.8 Å². The van der Waals surface area contributed by atoms with Crippen LogP contribution in [0.5, 0.6) is 0 Å². The predicted molar refractivity (Wildman–Crippen MR) is 90.0 cm³/mol. The third kappa shape index (κ3) is 3.30. The Bertz CT molecular complexity index is 580. The van der Waals surface area contributed by atoms with Crippen LogP contribution in [0.3, 0.4) is 0 Å². The number of nitrogens with one attached hydrogen (secondary N) is 1. The Morgan fingerprint density at radius 2 is 2.00 bits per heavy atom. The number of hydrogen-bond donors (Lipinski definition) is 2. The number of fused-ring (bicyclic) bond motifs is 1. The van der Waals surface area contributed by atoms with Gasteiger partial charge in [-0.1, -0.05) is 20.8 Å². The Morgan fingerprint density at radius 3 is 2.61 bits per heavy atom. The second-order valence-corrected chi connectivity index (χ2v) is 8.07. The summed E-state index contributed by atoms with van der Waals surface area (Å²) in [5.74, 6) is -0.571. The number of carbonyl (C=O) groups is 1. The molecule has 1 fully saturated rings. The van der Waals surface area contributed by atoms with Crippen molar-refractivity contribution in [2.75, 3.05) is 13.1 Å². The third-order valence-electron chi connectivity index (χ3n) is 5.21. The molecular formula is C18H29N3O2. The van der Waals surface area contributed by atoms with Crippen LogP contribution in [0.1, 0.15) is 81.8 Å². The summed E-state index contributed by atoms with van der Waals surface area (Å²) in [6, 6.07) is 0.463. The molecule has 1 aromatic heterocycles. The molecule has 0 saturated carbocycles. The van der Waals surface area contributed by atoms with Crippen LogP contribution >= 0.6 is 0 Å². The Kier molecular flexibility index (Phi) is 4.50. The van der Waals surface area contributed by atoms with Gasteiger partial charge in [-0.25, -0.2) is 0 Å². The minimum absolute atomic E-state index is 0.0453. The van der Waals surface area contributed by atoms with E-state index in [0.717, 1.165) is 50.9 Å². The van der Waals surface area contributed by atoms with E-state index in [0.29, 0.717) is 6.04 Å². The maximum atomic E-state index is 11.3. The number of nitrogens with zero attached hydrogens (tertiary/aromatic N) is 2. The predicted octanol–water partition coefficient (Wildman–Crippen LogP) is 3.00. The van der Waals surface area contributed by atoms with E-state index >= 15 is 0 Å². The van der Waals surface area contributed by atoms with Crippen molar-refractivity contribution in [2.24, 2.45) is 0 Å². The molecule has 0 aromatic carbocycles. The van der Waals surface area contributed by atoms with Crippen LogP contribution in [0, 0.1) is 0 Å². The standard InChI is InChI=1S/C18H29N3O2/c1-18(2,3)17-16-12(11-15(22)23)5-4-6-14(16)21(20-17)13-7-9-19-10-8-13/h12-13,19H,4-11H2,1-3H3,(H,22,23). The highest BCUT2D eigenvalue weighted by Crippen LogP contribution is 2.42. The van der Waals surface area contributed by atoms with Gasteiger partial charge in [-0.3, -0.25) is 9.48 Å². The minimum Gasteiger partial charge on any atom is -0.481 e. The Hall–Kier alpha value is -1.36. The fourth-order valence-corrected chi connectivity index (χ4v) is 4.14. The summed E-state index contributed by atoms with van der Waals surface area (Å²) in [6.07, 6.45) is 5.54. The molecular weight excluding hydrogens is 290 g/mol. The number of hydrogen-bond acceptors (Lipinski definition) is 3. The molecule has 1 saturated heterocycles. The van der Waals surface area contributed by atoms with Gasteiger partial charge in [-0.2, -0.15) is 5.10 Å². The average Bonchev–Trinajstić information content (AvgIpc) is 2.88. The van der Waals surface area contributed by atoms with E-state index in [1.807, 2.05) is 0 Å². The van der Waals surface area contributed by atoms with Gasteiger partial charge in [0.2, 0.25) is 0 Å². The smallest absolute Gasteiger partial charge is 0.303 e. The second kappa shape index (κ2) is 6.27. The molecule has 0 radical (unpaired) electrons. The lowest BCUT2D eigenvalue weighted by Crippen LogP contribution is -2.31. The van der Waals surface area contributed by atoms with Crippen LogP contribution in [0.15, 0.2) is 0 Å². The van der Waals surface area contributed by atoms with Crippen molar-refractivity contribution in [1.82, 2.24) is 15.1 Å². The van der Waals surface area contributed by atoms with Gasteiger partial charge in [0.05, 0.1) is 18.2 Å². The van der Waals surface area contributed by atoms with Crippen LogP contribution in [-0.2, 0) is 16.6 Å². The van der Waals surface area contributed by atoms with Crippen molar-refractivity contribution in [3.05, 3.63) is 17.0 Å². The SMILES string of the molecule is CC(C)(C)c1nn(C2CCNCC2)c2c1C(CC(=O)O)CCC2. The summed E-state index contributed by atoms with van der Waals surface area (Å²) in [4.78, 5) is 11.3. The first-order chi connectivity index (χ1) is 10.9. The number of aromatic nitrogens is 2. The highest BCUT2D eigenvalue weighted by atomic mass is 16.4. The van der Waals surface area contributed by atoms with Gasteiger partial charge in [-0.05, 0) is 51.1 Å². The first kappa shape index (κ1) is 16.5. The average molecular weight is 319 g/mol. The van der Waals surface area contributed by atoms with E-state index in [9.17, 15) is 9.90 Å². The van der Waals surface area contributed by atoms with Crippen molar-refractivity contribution in [3.63, 3.8) is 0 Å². The van der Waals surface area contributed by atoms with Crippen molar-refractivity contribution in [3.8, 4) is 0 Å². The molecule has 3 rings (SSSR count). The van der Waals surface area contributed by atoms with Crippen molar-refractivity contribution in [1.29, 1.82) is 0 Å². The number of piperidine rings is 1. The van der Waals surface area contributed by atoms with Gasteiger partial charge >= 0.3 is 5.97 Å². The van der Waals surface area contributed by atoms with E-state index in [-0.39, 0.29) is 17.8 Å². The lowest BCUT2D eigenvalue weighted by molar-refractivity contribution is -0.137. The minimum atomic E-state index is -0.697. The molecule has 2 N–H and O–H groups in total. The van der Waals surface area contributed by atoms with Gasteiger partial charge < -0.3 is 10.4 Å². The van der Waals surface area contributed by atoms with Crippen molar-refractivity contribution >= 4 is 5.97 Å². The maximum absolute atomic E-state index is 11.3. The van der Waals surface area contributed by atoms with Crippen LogP contribution in [-0.4, -0.2) is 33.9 Å². The molecule has 1 aliphatic carbocycles. The molecule has 1 aliphatic heterocycles. The van der Waals surface area contributed by atoms with Crippen molar-refractivity contribution < 1.29 is 9.90 Å². The third-order valence-corrected chi connectivity index (χ3v) is 5.21. The maximum Gasteiger partial charge on any atom is 0.303 e. The summed E-state index contributed by atoms with van der Waals surface area (Å²) < 4.78 is 2.27.